The highest BCUT2D eigenvalue weighted by Crippen LogP contribution is 2.44. The quantitative estimate of drug-likeness (QED) is 0.331. The molecule has 5 rings (SSSR count). The molecule has 38 heavy (non-hydrogen) atoms. The number of benzene rings is 1. The maximum atomic E-state index is 12.3. The van der Waals surface area contributed by atoms with Crippen molar-refractivity contribution in [3.8, 4) is 5.75 Å². The normalized spacial score (nSPS) is 16.9. The molecule has 2 unspecified atom stereocenters. The number of methoxy groups -OCH3 is 2. The zero-order chi connectivity index (χ0) is 26.8. The van der Waals surface area contributed by atoms with Crippen LogP contribution < -0.4 is 20.3 Å². The van der Waals surface area contributed by atoms with Crippen molar-refractivity contribution in [3.63, 3.8) is 0 Å². The number of carbonyl (C=O) groups excluding carboxylic acids is 1. The average molecular weight is 533 g/mol. The summed E-state index contributed by atoms with van der Waals surface area (Å²) in [5.74, 6) is 0.241. The molecule has 0 aliphatic carbocycles. The highest BCUT2D eigenvalue weighted by molar-refractivity contribution is 7.80. The molecule has 0 saturated carbocycles. The molecular formula is C26H28N8O3S. The number of amides is 1. The molecule has 12 heteroatoms. The molecule has 4 heterocycles. The van der Waals surface area contributed by atoms with E-state index in [-0.39, 0.29) is 24.6 Å². The number of aromatic nitrogens is 5. The molecule has 2 N–H and O–H groups in total. The van der Waals surface area contributed by atoms with E-state index in [2.05, 4.69) is 48.4 Å². The first kappa shape index (κ1) is 25.4. The van der Waals surface area contributed by atoms with E-state index in [1.165, 1.54) is 7.11 Å². The van der Waals surface area contributed by atoms with Gasteiger partial charge in [0.05, 0.1) is 30.6 Å². The number of hydrogen-bond donors (Lipinski definition) is 2. The lowest BCUT2D eigenvalue weighted by Gasteiger charge is -2.29. The Balaban J connectivity index is 1.64. The van der Waals surface area contributed by atoms with E-state index < -0.39 is 0 Å². The van der Waals surface area contributed by atoms with Gasteiger partial charge in [-0.1, -0.05) is 6.07 Å². The Kier molecular flexibility index (Phi) is 7.07. The molecule has 11 nitrogen and oxygen atoms in total. The summed E-state index contributed by atoms with van der Waals surface area (Å²) in [6, 6.07) is 13.1. The number of pyridine rings is 1. The molecule has 2 atom stereocenters. The predicted octanol–water partition coefficient (Wildman–Crippen LogP) is 3.17. The van der Waals surface area contributed by atoms with Crippen molar-refractivity contribution in [2.75, 3.05) is 31.0 Å². The number of thiocarbonyl (C=S) groups is 1. The number of nitrogens with one attached hydrogen (secondary N) is 2. The third-order valence-corrected chi connectivity index (χ3v) is 6.81. The monoisotopic (exact) mass is 532 g/mol. The second-order valence-corrected chi connectivity index (χ2v) is 9.23. The van der Waals surface area contributed by atoms with Gasteiger partial charge < -0.3 is 25.0 Å². The average Bonchev–Trinajstić information content (AvgIpc) is 3.62. The zero-order valence-electron chi connectivity index (χ0n) is 21.5. The van der Waals surface area contributed by atoms with Crippen LogP contribution >= 0.6 is 12.2 Å². The zero-order valence-corrected chi connectivity index (χ0v) is 22.3. The predicted molar refractivity (Wildman–Crippen MR) is 146 cm³/mol. The fourth-order valence-corrected chi connectivity index (χ4v) is 5.29. The third-order valence-electron chi connectivity index (χ3n) is 6.50. The van der Waals surface area contributed by atoms with Gasteiger partial charge in [-0.05, 0) is 62.5 Å². The first-order chi connectivity index (χ1) is 18.4. The van der Waals surface area contributed by atoms with Crippen LogP contribution in [0.25, 0.3) is 0 Å². The Morgan fingerprint density at radius 2 is 1.92 bits per heavy atom. The Morgan fingerprint density at radius 3 is 2.61 bits per heavy atom. The minimum atomic E-state index is -0.287. The van der Waals surface area contributed by atoms with Gasteiger partial charge in [0.15, 0.2) is 5.11 Å². The number of hydrogen-bond acceptors (Lipinski definition) is 7. The number of nitrogens with zero attached hydrogens (tertiary/aromatic N) is 6. The first-order valence-corrected chi connectivity index (χ1v) is 12.3. The molecule has 1 aliphatic rings. The topological polar surface area (TPSA) is 111 Å². The number of aryl methyl sites for hydroxylation is 1. The number of ether oxygens (including phenoxy) is 2. The maximum Gasteiger partial charge on any atom is 0.250 e. The summed E-state index contributed by atoms with van der Waals surface area (Å²) in [6.45, 7) is 4.02. The van der Waals surface area contributed by atoms with Gasteiger partial charge in [-0.2, -0.15) is 0 Å². The molecule has 1 fully saturated rings. The van der Waals surface area contributed by atoms with E-state index in [0.29, 0.717) is 16.5 Å². The van der Waals surface area contributed by atoms with Crippen LogP contribution in [0.5, 0.6) is 5.75 Å². The summed E-state index contributed by atoms with van der Waals surface area (Å²) in [6.07, 6.45) is 5.10. The van der Waals surface area contributed by atoms with E-state index in [1.54, 1.807) is 26.0 Å². The standard InChI is InChI=1S/C26H28N8O3S/c1-16-11-19(17(2)34(16)32-14-28-29-15-32)25-24(20-7-5-6-10-27-20)31-26(38)33(25)18-8-9-22(37-4)21(12-18)30-23(35)13-36-3/h5-12,14-15,24-25H,13H2,1-4H3,(H,30,35)(H,31,38). The van der Waals surface area contributed by atoms with Gasteiger partial charge in [-0.25, -0.2) is 4.68 Å². The third kappa shape index (κ3) is 4.59. The van der Waals surface area contributed by atoms with Gasteiger partial charge in [-0.15, -0.1) is 10.2 Å². The van der Waals surface area contributed by atoms with Gasteiger partial charge in [0.1, 0.15) is 25.0 Å². The molecule has 0 bridgehead atoms. The molecule has 196 valence electrons. The van der Waals surface area contributed by atoms with Crippen LogP contribution in [0.3, 0.4) is 0 Å². The van der Waals surface area contributed by atoms with E-state index in [1.807, 2.05) is 48.0 Å². The minimum absolute atomic E-state index is 0.0729. The first-order valence-electron chi connectivity index (χ1n) is 11.9. The van der Waals surface area contributed by atoms with Gasteiger partial charge in [0, 0.05) is 35.9 Å². The Labute approximate surface area is 225 Å². The van der Waals surface area contributed by atoms with Crippen LogP contribution in [-0.2, 0) is 9.53 Å². The minimum Gasteiger partial charge on any atom is -0.495 e. The van der Waals surface area contributed by atoms with Crippen LogP contribution in [0.1, 0.15) is 34.7 Å². The van der Waals surface area contributed by atoms with Crippen LogP contribution in [0.2, 0.25) is 0 Å². The Hall–Kier alpha value is -4.29. The molecule has 4 aromatic rings. The van der Waals surface area contributed by atoms with E-state index >= 15 is 0 Å². The van der Waals surface area contributed by atoms with Crippen molar-refractivity contribution >= 4 is 34.6 Å². The van der Waals surface area contributed by atoms with Crippen LogP contribution in [0, 0.1) is 13.8 Å². The van der Waals surface area contributed by atoms with E-state index in [9.17, 15) is 4.79 Å². The lowest BCUT2D eigenvalue weighted by Crippen LogP contribution is -2.30. The fraction of sp³-hybridized carbons (Fsp3) is 0.269. The Morgan fingerprint density at radius 1 is 1.13 bits per heavy atom. The number of anilines is 2. The second-order valence-electron chi connectivity index (χ2n) is 8.84. The Bertz CT molecular complexity index is 1450. The smallest absolute Gasteiger partial charge is 0.250 e. The fourth-order valence-electron chi connectivity index (χ4n) is 4.94. The van der Waals surface area contributed by atoms with Crippen molar-refractivity contribution in [2.24, 2.45) is 0 Å². The van der Waals surface area contributed by atoms with Crippen LogP contribution in [0.15, 0.2) is 61.3 Å². The lowest BCUT2D eigenvalue weighted by atomic mass is 9.96. The molecule has 1 aliphatic heterocycles. The largest absolute Gasteiger partial charge is 0.495 e. The van der Waals surface area contributed by atoms with Crippen molar-refractivity contribution in [1.82, 2.24) is 29.9 Å². The van der Waals surface area contributed by atoms with Gasteiger partial charge in [0.2, 0.25) is 5.91 Å². The molecule has 1 amide bonds. The second kappa shape index (κ2) is 10.6. The van der Waals surface area contributed by atoms with Crippen molar-refractivity contribution < 1.29 is 14.3 Å². The number of rotatable bonds is 8. The molecule has 0 radical (unpaired) electrons. The summed E-state index contributed by atoms with van der Waals surface area (Å²) in [5, 5.41) is 14.8. The molecule has 3 aromatic heterocycles. The van der Waals surface area contributed by atoms with Crippen molar-refractivity contribution in [1.29, 1.82) is 0 Å². The van der Waals surface area contributed by atoms with E-state index in [0.717, 1.165) is 28.3 Å². The van der Waals surface area contributed by atoms with Crippen molar-refractivity contribution in [2.45, 2.75) is 25.9 Å². The highest BCUT2D eigenvalue weighted by Gasteiger charge is 2.42. The van der Waals surface area contributed by atoms with Gasteiger partial charge >= 0.3 is 0 Å². The van der Waals surface area contributed by atoms with E-state index in [4.69, 9.17) is 21.7 Å². The van der Waals surface area contributed by atoms with Gasteiger partial charge in [-0.3, -0.25) is 14.5 Å². The lowest BCUT2D eigenvalue weighted by molar-refractivity contribution is -0.119. The maximum absolute atomic E-state index is 12.3. The molecular weight excluding hydrogens is 504 g/mol. The van der Waals surface area contributed by atoms with Crippen LogP contribution in [-0.4, -0.2) is 56.4 Å². The molecule has 1 aromatic carbocycles. The van der Waals surface area contributed by atoms with Gasteiger partial charge in [0.25, 0.3) is 0 Å². The van der Waals surface area contributed by atoms with Crippen LogP contribution in [0.4, 0.5) is 11.4 Å². The summed E-state index contributed by atoms with van der Waals surface area (Å²) in [5.41, 5.74) is 5.24. The summed E-state index contributed by atoms with van der Waals surface area (Å²) < 4.78 is 14.4. The number of carbonyl (C=O) groups is 1. The highest BCUT2D eigenvalue weighted by atomic mass is 32.1. The summed E-state index contributed by atoms with van der Waals surface area (Å²) in [4.78, 5) is 19.0. The summed E-state index contributed by atoms with van der Waals surface area (Å²) >= 11 is 5.89. The SMILES string of the molecule is COCC(=O)Nc1cc(N2C(=S)NC(c3ccccn3)C2c2cc(C)n(-n3cnnc3)c2C)ccc1OC. The molecule has 0 spiro atoms. The summed E-state index contributed by atoms with van der Waals surface area (Å²) in [7, 11) is 3.03. The molecule has 1 saturated heterocycles. The van der Waals surface area contributed by atoms with Crippen molar-refractivity contribution in [3.05, 3.63) is 84.0 Å².